The van der Waals surface area contributed by atoms with Crippen LogP contribution in [0.15, 0.2) is 42.7 Å². The molecule has 0 unspecified atom stereocenters. The summed E-state index contributed by atoms with van der Waals surface area (Å²) in [5.41, 5.74) is 3.30. The van der Waals surface area contributed by atoms with Crippen LogP contribution in [0.1, 0.15) is 48.6 Å². The van der Waals surface area contributed by atoms with Gasteiger partial charge in [-0.3, -0.25) is 19.1 Å². The van der Waals surface area contributed by atoms with Gasteiger partial charge in [-0.15, -0.1) is 0 Å². The predicted octanol–water partition coefficient (Wildman–Crippen LogP) is 4.13. The number of anilines is 1. The number of rotatable bonds is 8. The van der Waals surface area contributed by atoms with E-state index in [1.165, 1.54) is 6.92 Å². The highest BCUT2D eigenvalue weighted by Crippen LogP contribution is 2.59. The minimum absolute atomic E-state index is 0.0356. The van der Waals surface area contributed by atoms with E-state index in [1.54, 1.807) is 28.0 Å². The van der Waals surface area contributed by atoms with E-state index in [0.29, 0.717) is 35.5 Å². The van der Waals surface area contributed by atoms with E-state index in [4.69, 9.17) is 11.6 Å². The van der Waals surface area contributed by atoms with Gasteiger partial charge in [0.2, 0.25) is 11.8 Å². The fraction of sp³-hybridized carbons (Fsp3) is 0.387. The van der Waals surface area contributed by atoms with Crippen molar-refractivity contribution in [2.75, 3.05) is 19.4 Å². The van der Waals surface area contributed by atoms with Gasteiger partial charge in [-0.25, -0.2) is 15.0 Å². The number of aryl methyl sites for hydroxylation is 1. The summed E-state index contributed by atoms with van der Waals surface area (Å²) in [5.74, 6) is 0.331. The van der Waals surface area contributed by atoms with Gasteiger partial charge in [-0.2, -0.15) is 5.10 Å². The fourth-order valence-corrected chi connectivity index (χ4v) is 6.24. The Bertz CT molecular complexity index is 1770. The van der Waals surface area contributed by atoms with Crippen LogP contribution in [0.5, 0.6) is 0 Å². The summed E-state index contributed by atoms with van der Waals surface area (Å²) < 4.78 is 1.56. The summed E-state index contributed by atoms with van der Waals surface area (Å²) in [5, 5.41) is 8.42. The van der Waals surface area contributed by atoms with E-state index in [2.05, 4.69) is 32.3 Å². The zero-order valence-corrected chi connectivity index (χ0v) is 25.5. The lowest BCUT2D eigenvalue weighted by atomic mass is 10.0. The molecule has 43 heavy (non-hydrogen) atoms. The van der Waals surface area contributed by atoms with Gasteiger partial charge in [0.25, 0.3) is 0 Å². The van der Waals surface area contributed by atoms with E-state index in [1.807, 2.05) is 50.2 Å². The first-order valence-electron chi connectivity index (χ1n) is 14.2. The number of pyridine rings is 1. The van der Waals surface area contributed by atoms with E-state index >= 15 is 0 Å². The number of ketones is 1. The third kappa shape index (κ3) is 5.50. The van der Waals surface area contributed by atoms with Crippen molar-refractivity contribution in [2.45, 2.75) is 58.8 Å². The molecule has 3 atom stereocenters. The number of carbonyl (C=O) groups is 3. The summed E-state index contributed by atoms with van der Waals surface area (Å²) in [4.78, 5) is 56.7. The Morgan fingerprint density at radius 3 is 2.53 bits per heavy atom. The van der Waals surface area contributed by atoms with Gasteiger partial charge >= 0.3 is 0 Å². The first-order valence-corrected chi connectivity index (χ1v) is 14.5. The van der Waals surface area contributed by atoms with Crippen LogP contribution in [0, 0.1) is 12.3 Å². The maximum Gasteiger partial charge on any atom is 0.248 e. The van der Waals surface area contributed by atoms with Crippen LogP contribution in [-0.4, -0.2) is 78.3 Å². The number of hydrogen-bond donors (Lipinski definition) is 1. The smallest absolute Gasteiger partial charge is 0.248 e. The number of aromatic nitrogens is 5. The number of benzene rings is 1. The molecule has 1 N–H and O–H groups in total. The predicted molar refractivity (Wildman–Crippen MR) is 163 cm³/mol. The van der Waals surface area contributed by atoms with E-state index in [0.717, 1.165) is 23.1 Å². The minimum Gasteiger partial charge on any atom is -0.325 e. The Morgan fingerprint density at radius 1 is 1.09 bits per heavy atom. The van der Waals surface area contributed by atoms with Crippen LogP contribution in [-0.2, 0) is 22.7 Å². The third-order valence-electron chi connectivity index (χ3n) is 8.38. The second-order valence-electron chi connectivity index (χ2n) is 12.1. The van der Waals surface area contributed by atoms with Crippen LogP contribution in [0.2, 0.25) is 5.15 Å². The number of nitrogens with one attached hydrogen (secondary N) is 1. The van der Waals surface area contributed by atoms with Crippen molar-refractivity contribution in [1.29, 1.82) is 0 Å². The molecule has 1 aromatic carbocycles. The monoisotopic (exact) mass is 600 g/mol. The van der Waals surface area contributed by atoms with Gasteiger partial charge < -0.3 is 15.1 Å². The van der Waals surface area contributed by atoms with Crippen molar-refractivity contribution in [1.82, 2.24) is 34.5 Å². The number of halogens is 1. The number of piperidine rings is 1. The first kappa shape index (κ1) is 28.9. The maximum absolute atomic E-state index is 13.9. The van der Waals surface area contributed by atoms with Gasteiger partial charge in [0, 0.05) is 48.4 Å². The topological polar surface area (TPSA) is 126 Å². The second kappa shape index (κ2) is 10.8. The molecule has 1 saturated heterocycles. The van der Waals surface area contributed by atoms with Crippen molar-refractivity contribution in [3.05, 3.63) is 65.0 Å². The van der Waals surface area contributed by atoms with Crippen LogP contribution < -0.4 is 5.32 Å². The fourth-order valence-electron chi connectivity index (χ4n) is 6.09. The summed E-state index contributed by atoms with van der Waals surface area (Å²) >= 11 is 6.16. The molecular weight excluding hydrogens is 568 g/mol. The van der Waals surface area contributed by atoms with Gasteiger partial charge in [0.15, 0.2) is 5.78 Å². The number of hydrogen-bond acceptors (Lipinski definition) is 8. The normalized spacial score (nSPS) is 20.9. The molecule has 12 heteroatoms. The van der Waals surface area contributed by atoms with Crippen LogP contribution >= 0.6 is 11.6 Å². The maximum atomic E-state index is 13.9. The first-order chi connectivity index (χ1) is 20.4. The Labute approximate surface area is 254 Å². The lowest BCUT2D eigenvalue weighted by Crippen LogP contribution is -2.47. The molecule has 2 aliphatic rings. The van der Waals surface area contributed by atoms with E-state index < -0.39 is 6.04 Å². The lowest BCUT2D eigenvalue weighted by Gasteiger charge is -2.27. The molecule has 2 amide bonds. The molecule has 0 spiro atoms. The van der Waals surface area contributed by atoms with Gasteiger partial charge in [-0.1, -0.05) is 30.7 Å². The number of likely N-dealkylation sites (tertiary alicyclic amines) is 1. The Hall–Kier alpha value is -4.22. The quantitative estimate of drug-likeness (QED) is 0.236. The highest BCUT2D eigenvalue weighted by atomic mass is 35.5. The Morgan fingerprint density at radius 2 is 1.84 bits per heavy atom. The molecule has 0 bridgehead atoms. The van der Waals surface area contributed by atoms with Crippen molar-refractivity contribution in [2.24, 2.45) is 5.41 Å². The standard InChI is InChI=1S/C31H33ClN8O3/c1-17(41)28-22-10-19(21-13-33-18(2)34-14-21)6-8-23(22)39(37-28)16-27(42)40-24(11-31(3)12-25(31)40)30(43)36-29-20(15-38(4)5)7-9-26(32)35-29/h6-10,13-14,24-25H,11-12,15-16H2,1-5H3,(H,35,36,43)/t24-,25+,31-/m0/s1. The highest BCUT2D eigenvalue weighted by Gasteiger charge is 2.64. The molecule has 1 saturated carbocycles. The summed E-state index contributed by atoms with van der Waals surface area (Å²) in [6.45, 7) is 5.84. The number of carbonyl (C=O) groups excluding carboxylic acids is 3. The molecule has 222 valence electrons. The van der Waals surface area contributed by atoms with E-state index in [-0.39, 0.29) is 46.4 Å². The lowest BCUT2D eigenvalue weighted by molar-refractivity contribution is -0.138. The second-order valence-corrected chi connectivity index (χ2v) is 12.5. The average molecular weight is 601 g/mol. The molecule has 0 radical (unpaired) electrons. The number of fused-ring (bicyclic) bond motifs is 2. The third-order valence-corrected chi connectivity index (χ3v) is 8.59. The molecular formula is C31H33ClN8O3. The molecule has 2 fully saturated rings. The van der Waals surface area contributed by atoms with Gasteiger partial charge in [0.05, 0.1) is 5.52 Å². The molecule has 4 aromatic rings. The number of nitrogens with zero attached hydrogens (tertiary/aromatic N) is 7. The summed E-state index contributed by atoms with van der Waals surface area (Å²) in [6, 6.07) is 8.46. The zero-order chi connectivity index (χ0) is 30.6. The molecule has 3 aromatic heterocycles. The Balaban J connectivity index is 1.27. The minimum atomic E-state index is -0.661. The Kier molecular flexibility index (Phi) is 7.26. The molecule has 6 rings (SSSR count). The van der Waals surface area contributed by atoms with Crippen LogP contribution in [0.3, 0.4) is 0 Å². The van der Waals surface area contributed by atoms with Crippen LogP contribution in [0.25, 0.3) is 22.0 Å². The highest BCUT2D eigenvalue weighted by molar-refractivity contribution is 6.29. The molecule has 11 nitrogen and oxygen atoms in total. The largest absolute Gasteiger partial charge is 0.325 e. The van der Waals surface area contributed by atoms with Crippen molar-refractivity contribution in [3.63, 3.8) is 0 Å². The van der Waals surface area contributed by atoms with Crippen molar-refractivity contribution in [3.8, 4) is 11.1 Å². The summed E-state index contributed by atoms with van der Waals surface area (Å²) in [6.07, 6.45) is 4.86. The van der Waals surface area contributed by atoms with Crippen LogP contribution in [0.4, 0.5) is 5.82 Å². The van der Waals surface area contributed by atoms with Crippen molar-refractivity contribution < 1.29 is 14.4 Å². The number of Topliss-reactive ketones (excluding diaryl/α,β-unsaturated/α-hetero) is 1. The number of amides is 2. The summed E-state index contributed by atoms with van der Waals surface area (Å²) in [7, 11) is 3.86. The molecule has 1 aliphatic heterocycles. The van der Waals surface area contributed by atoms with Gasteiger partial charge in [0.1, 0.15) is 35.1 Å². The molecule has 4 heterocycles. The zero-order valence-electron chi connectivity index (χ0n) is 24.8. The van der Waals surface area contributed by atoms with Crippen molar-refractivity contribution >= 4 is 45.9 Å². The van der Waals surface area contributed by atoms with Gasteiger partial charge in [-0.05, 0) is 63.0 Å². The molecule has 1 aliphatic carbocycles. The SMILES string of the molecule is CC(=O)c1nn(CC(=O)N2[C@H](C(=O)Nc3nc(Cl)ccc3CN(C)C)C[C@@]3(C)C[C@@H]23)c2ccc(-c3cnc(C)nc3)cc12. The average Bonchev–Trinajstić information content (AvgIpc) is 3.32. The van der Waals surface area contributed by atoms with E-state index in [9.17, 15) is 14.4 Å².